The lowest BCUT2D eigenvalue weighted by Crippen LogP contribution is -2.40. The van der Waals surface area contributed by atoms with Gasteiger partial charge in [-0.25, -0.2) is 0 Å². The predicted octanol–water partition coefficient (Wildman–Crippen LogP) is 1.39. The molecule has 26 heavy (non-hydrogen) atoms. The van der Waals surface area contributed by atoms with Gasteiger partial charge in [0.2, 0.25) is 5.91 Å². The van der Waals surface area contributed by atoms with Gasteiger partial charge in [0.25, 0.3) is 0 Å². The van der Waals surface area contributed by atoms with Gasteiger partial charge in [0.15, 0.2) is 5.79 Å². The number of carbonyl (C=O) groups excluding carboxylic acids is 3. The summed E-state index contributed by atoms with van der Waals surface area (Å²) in [5.41, 5.74) is 1.07. The summed E-state index contributed by atoms with van der Waals surface area (Å²) in [6.07, 6.45) is 3.70. The second-order valence-electron chi connectivity index (χ2n) is 6.59. The molecule has 2 fully saturated rings. The quantitative estimate of drug-likeness (QED) is 0.703. The summed E-state index contributed by atoms with van der Waals surface area (Å²) in [6, 6.07) is 6.49. The Morgan fingerprint density at radius 1 is 1.04 bits per heavy atom. The van der Waals surface area contributed by atoms with Gasteiger partial charge in [0.1, 0.15) is 6.10 Å². The number of benzene rings is 1. The molecule has 1 aromatic carbocycles. The van der Waals surface area contributed by atoms with Crippen LogP contribution in [0.1, 0.15) is 32.6 Å². The first-order valence-electron chi connectivity index (χ1n) is 8.74. The van der Waals surface area contributed by atoms with E-state index < -0.39 is 17.6 Å². The summed E-state index contributed by atoms with van der Waals surface area (Å²) in [5.74, 6) is -2.15. The zero-order valence-electron chi connectivity index (χ0n) is 14.7. The SMILES string of the molecule is CC(=O)Nc1ccc(NC(=O)C(=O)NCC2COC3(CCCC3)O2)cc1. The largest absolute Gasteiger partial charge is 0.347 e. The monoisotopic (exact) mass is 361 g/mol. The third kappa shape index (κ3) is 4.59. The molecule has 3 amide bonds. The minimum absolute atomic E-state index is 0.182. The summed E-state index contributed by atoms with van der Waals surface area (Å²) in [5, 5.41) is 7.71. The number of nitrogens with one attached hydrogen (secondary N) is 3. The molecule has 1 aliphatic heterocycles. The van der Waals surface area contributed by atoms with Crippen LogP contribution in [0.15, 0.2) is 24.3 Å². The highest BCUT2D eigenvalue weighted by Crippen LogP contribution is 2.38. The Morgan fingerprint density at radius 2 is 1.65 bits per heavy atom. The summed E-state index contributed by atoms with van der Waals surface area (Å²) in [6.45, 7) is 2.07. The molecule has 0 bridgehead atoms. The molecule has 3 rings (SSSR count). The van der Waals surface area contributed by atoms with Crippen LogP contribution in [0.4, 0.5) is 11.4 Å². The first kappa shape index (κ1) is 18.3. The molecule has 1 unspecified atom stereocenters. The number of hydrogen-bond acceptors (Lipinski definition) is 5. The summed E-state index contributed by atoms with van der Waals surface area (Å²) >= 11 is 0. The fourth-order valence-corrected chi connectivity index (χ4v) is 3.21. The van der Waals surface area contributed by atoms with E-state index in [9.17, 15) is 14.4 Å². The maximum Gasteiger partial charge on any atom is 0.313 e. The van der Waals surface area contributed by atoms with Crippen LogP contribution < -0.4 is 16.0 Å². The van der Waals surface area contributed by atoms with Crippen LogP contribution in [0, 0.1) is 0 Å². The lowest BCUT2D eigenvalue weighted by Gasteiger charge is -2.21. The Hall–Kier alpha value is -2.45. The van der Waals surface area contributed by atoms with Gasteiger partial charge in [-0.15, -0.1) is 0 Å². The molecule has 8 heteroatoms. The number of anilines is 2. The van der Waals surface area contributed by atoms with Crippen molar-refractivity contribution in [3.8, 4) is 0 Å². The van der Waals surface area contributed by atoms with Crippen molar-refractivity contribution >= 4 is 29.1 Å². The van der Waals surface area contributed by atoms with Gasteiger partial charge in [-0.3, -0.25) is 14.4 Å². The molecule has 1 spiro atoms. The van der Waals surface area contributed by atoms with Crippen LogP contribution in [-0.4, -0.2) is 42.8 Å². The third-order valence-electron chi connectivity index (χ3n) is 4.44. The average molecular weight is 361 g/mol. The van der Waals surface area contributed by atoms with Crippen LogP contribution in [0.25, 0.3) is 0 Å². The molecule has 0 aromatic heterocycles. The smallest absolute Gasteiger partial charge is 0.313 e. The summed E-state index contributed by atoms with van der Waals surface area (Å²) in [7, 11) is 0. The minimum Gasteiger partial charge on any atom is -0.347 e. The zero-order valence-corrected chi connectivity index (χ0v) is 14.7. The van der Waals surface area contributed by atoms with Crippen molar-refractivity contribution < 1.29 is 23.9 Å². The molecule has 1 atom stereocenters. The highest BCUT2D eigenvalue weighted by Gasteiger charge is 2.43. The van der Waals surface area contributed by atoms with Gasteiger partial charge in [-0.05, 0) is 37.1 Å². The highest BCUT2D eigenvalue weighted by molar-refractivity contribution is 6.39. The van der Waals surface area contributed by atoms with E-state index in [-0.39, 0.29) is 18.6 Å². The highest BCUT2D eigenvalue weighted by atomic mass is 16.7. The van der Waals surface area contributed by atoms with E-state index in [0.717, 1.165) is 25.7 Å². The fourth-order valence-electron chi connectivity index (χ4n) is 3.21. The lowest BCUT2D eigenvalue weighted by molar-refractivity contribution is -0.161. The molecule has 1 saturated heterocycles. The molecular weight excluding hydrogens is 338 g/mol. The standard InChI is InChI=1S/C18H23N3O5/c1-12(22)20-13-4-6-14(7-5-13)21-17(24)16(23)19-10-15-11-25-18(26-15)8-2-3-9-18/h4-7,15H,2-3,8-11H2,1H3,(H,19,23)(H,20,22)(H,21,24). The summed E-state index contributed by atoms with van der Waals surface area (Å²) in [4.78, 5) is 34.9. The molecule has 1 heterocycles. The number of rotatable bonds is 4. The maximum atomic E-state index is 12.0. The van der Waals surface area contributed by atoms with E-state index in [1.165, 1.54) is 6.92 Å². The van der Waals surface area contributed by atoms with Gasteiger partial charge < -0.3 is 25.4 Å². The Bertz CT molecular complexity index is 683. The van der Waals surface area contributed by atoms with Crippen molar-refractivity contribution in [1.82, 2.24) is 5.32 Å². The molecule has 8 nitrogen and oxygen atoms in total. The Morgan fingerprint density at radius 3 is 2.27 bits per heavy atom. The Kier molecular flexibility index (Phi) is 5.53. The minimum atomic E-state index is -0.758. The van der Waals surface area contributed by atoms with Gasteiger partial charge in [0.05, 0.1) is 6.61 Å². The van der Waals surface area contributed by atoms with Crippen molar-refractivity contribution in [2.45, 2.75) is 44.5 Å². The molecular formula is C18H23N3O5. The van der Waals surface area contributed by atoms with Crippen LogP contribution in [0.2, 0.25) is 0 Å². The Labute approximate surface area is 151 Å². The zero-order chi connectivity index (χ0) is 18.6. The van der Waals surface area contributed by atoms with Gasteiger partial charge in [0, 0.05) is 37.7 Å². The van der Waals surface area contributed by atoms with Crippen molar-refractivity contribution in [3.05, 3.63) is 24.3 Å². The molecule has 1 aliphatic carbocycles. The van der Waals surface area contributed by atoms with E-state index in [1.807, 2.05) is 0 Å². The molecule has 1 saturated carbocycles. The molecule has 0 radical (unpaired) electrons. The van der Waals surface area contributed by atoms with E-state index in [0.29, 0.717) is 18.0 Å². The van der Waals surface area contributed by atoms with E-state index >= 15 is 0 Å². The average Bonchev–Trinajstić information content (AvgIpc) is 3.24. The normalized spacial score (nSPS) is 20.7. The number of carbonyl (C=O) groups is 3. The number of ether oxygens (including phenoxy) is 2. The topological polar surface area (TPSA) is 106 Å². The van der Waals surface area contributed by atoms with Gasteiger partial charge in [-0.1, -0.05) is 0 Å². The fraction of sp³-hybridized carbons (Fsp3) is 0.500. The number of amides is 3. The maximum absolute atomic E-state index is 12.0. The van der Waals surface area contributed by atoms with E-state index in [1.54, 1.807) is 24.3 Å². The van der Waals surface area contributed by atoms with Crippen LogP contribution >= 0.6 is 0 Å². The molecule has 140 valence electrons. The van der Waals surface area contributed by atoms with Crippen LogP contribution in [0.5, 0.6) is 0 Å². The van der Waals surface area contributed by atoms with Gasteiger partial charge >= 0.3 is 11.8 Å². The van der Waals surface area contributed by atoms with Gasteiger partial charge in [-0.2, -0.15) is 0 Å². The van der Waals surface area contributed by atoms with Crippen molar-refractivity contribution in [1.29, 1.82) is 0 Å². The molecule has 1 aromatic rings. The third-order valence-corrected chi connectivity index (χ3v) is 4.44. The first-order chi connectivity index (χ1) is 12.5. The first-order valence-corrected chi connectivity index (χ1v) is 8.74. The van der Waals surface area contributed by atoms with E-state index in [4.69, 9.17) is 9.47 Å². The van der Waals surface area contributed by atoms with Crippen LogP contribution in [0.3, 0.4) is 0 Å². The Balaban J connectivity index is 1.43. The number of hydrogen-bond donors (Lipinski definition) is 3. The van der Waals surface area contributed by atoms with Crippen molar-refractivity contribution in [2.24, 2.45) is 0 Å². The predicted molar refractivity (Wildman–Crippen MR) is 94.4 cm³/mol. The molecule has 2 aliphatic rings. The second kappa shape index (κ2) is 7.84. The second-order valence-corrected chi connectivity index (χ2v) is 6.59. The lowest BCUT2D eigenvalue weighted by atomic mass is 10.2. The molecule has 3 N–H and O–H groups in total. The van der Waals surface area contributed by atoms with Crippen molar-refractivity contribution in [3.63, 3.8) is 0 Å². The van der Waals surface area contributed by atoms with E-state index in [2.05, 4.69) is 16.0 Å². The van der Waals surface area contributed by atoms with Crippen LogP contribution in [-0.2, 0) is 23.9 Å². The van der Waals surface area contributed by atoms with Crippen molar-refractivity contribution in [2.75, 3.05) is 23.8 Å². The summed E-state index contributed by atoms with van der Waals surface area (Å²) < 4.78 is 11.6.